The van der Waals surface area contributed by atoms with Crippen LogP contribution in [0.25, 0.3) is 0 Å². The van der Waals surface area contributed by atoms with Gasteiger partial charge in [-0.15, -0.1) is 0 Å². The van der Waals surface area contributed by atoms with E-state index in [1.807, 2.05) is 0 Å². The Morgan fingerprint density at radius 2 is 1.92 bits per heavy atom. The van der Waals surface area contributed by atoms with Gasteiger partial charge in [0, 0.05) is 18.6 Å². The van der Waals surface area contributed by atoms with Gasteiger partial charge in [-0.05, 0) is 39.5 Å². The number of hydrogen-bond acceptors (Lipinski definition) is 2. The quantitative estimate of drug-likeness (QED) is 0.675. The normalized spacial score (nSPS) is 40.2. The summed E-state index contributed by atoms with van der Waals surface area (Å²) in [5.41, 5.74) is -0.317. The Morgan fingerprint density at radius 3 is 2.25 bits per heavy atom. The molecule has 0 aromatic carbocycles. The van der Waals surface area contributed by atoms with E-state index in [9.17, 15) is 5.11 Å². The largest absolute Gasteiger partial charge is 0.389 e. The Balaban J connectivity index is 1.85. The van der Waals surface area contributed by atoms with E-state index in [-0.39, 0.29) is 5.60 Å². The fourth-order valence-corrected chi connectivity index (χ4v) is 2.46. The van der Waals surface area contributed by atoms with Crippen molar-refractivity contribution in [3.05, 3.63) is 0 Å². The molecule has 2 atom stereocenters. The fraction of sp³-hybridized carbons (Fsp3) is 1.00. The first-order chi connectivity index (χ1) is 5.61. The van der Waals surface area contributed by atoms with Crippen LogP contribution in [-0.2, 0) is 0 Å². The molecule has 0 radical (unpaired) electrons. The molecule has 1 heterocycles. The Labute approximate surface area is 74.6 Å². The van der Waals surface area contributed by atoms with Crippen molar-refractivity contribution in [3.63, 3.8) is 0 Å². The smallest absolute Gasteiger partial charge is 0.0774 e. The second kappa shape index (κ2) is 2.71. The predicted octanol–water partition coefficient (Wildman–Crippen LogP) is 1.38. The maximum Gasteiger partial charge on any atom is 0.0774 e. The van der Waals surface area contributed by atoms with Crippen LogP contribution in [0.15, 0.2) is 0 Å². The maximum atomic E-state index is 9.94. The third-order valence-electron chi connectivity index (χ3n) is 3.58. The maximum absolute atomic E-state index is 9.94. The van der Waals surface area contributed by atoms with E-state index < -0.39 is 0 Å². The zero-order valence-electron chi connectivity index (χ0n) is 8.08. The summed E-state index contributed by atoms with van der Waals surface area (Å²) in [6.07, 6.45) is 4.55. The van der Waals surface area contributed by atoms with Crippen molar-refractivity contribution in [2.75, 3.05) is 6.54 Å². The van der Waals surface area contributed by atoms with Crippen LogP contribution in [0.3, 0.4) is 0 Å². The highest BCUT2D eigenvalue weighted by Gasteiger charge is 2.41. The summed E-state index contributed by atoms with van der Waals surface area (Å²) in [7, 11) is 0. The van der Waals surface area contributed by atoms with Gasteiger partial charge in [-0.3, -0.25) is 4.90 Å². The minimum Gasteiger partial charge on any atom is -0.389 e. The van der Waals surface area contributed by atoms with Crippen molar-refractivity contribution in [2.24, 2.45) is 0 Å². The van der Waals surface area contributed by atoms with Crippen molar-refractivity contribution in [1.82, 2.24) is 4.90 Å². The summed E-state index contributed by atoms with van der Waals surface area (Å²) in [5.74, 6) is 0. The molecule has 1 saturated heterocycles. The van der Waals surface area contributed by atoms with Crippen LogP contribution in [0.5, 0.6) is 0 Å². The van der Waals surface area contributed by atoms with E-state index in [0.29, 0.717) is 12.1 Å². The lowest BCUT2D eigenvalue weighted by Gasteiger charge is -2.51. The third-order valence-corrected chi connectivity index (χ3v) is 3.58. The number of likely N-dealkylation sites (tertiary alicyclic amines) is 1. The molecule has 1 aliphatic heterocycles. The summed E-state index contributed by atoms with van der Waals surface area (Å²) in [5, 5.41) is 9.94. The number of rotatable bonds is 2. The first-order valence-corrected chi connectivity index (χ1v) is 5.09. The van der Waals surface area contributed by atoms with Crippen molar-refractivity contribution in [3.8, 4) is 0 Å². The van der Waals surface area contributed by atoms with E-state index in [2.05, 4.69) is 18.7 Å². The van der Waals surface area contributed by atoms with Crippen LogP contribution < -0.4 is 0 Å². The first kappa shape index (κ1) is 8.52. The topological polar surface area (TPSA) is 23.5 Å². The molecule has 2 heteroatoms. The number of hydrogen-bond donors (Lipinski definition) is 1. The number of β-amino-alcohol motifs (C(OH)–C–C–N with tert-alkyl or cyclic N) is 1. The molecule has 0 amide bonds. The van der Waals surface area contributed by atoms with Crippen molar-refractivity contribution in [2.45, 2.75) is 57.2 Å². The second-order valence-electron chi connectivity index (χ2n) is 4.68. The van der Waals surface area contributed by atoms with Gasteiger partial charge in [0.1, 0.15) is 0 Å². The summed E-state index contributed by atoms with van der Waals surface area (Å²) in [4.78, 5) is 2.43. The van der Waals surface area contributed by atoms with Crippen molar-refractivity contribution < 1.29 is 5.11 Å². The molecule has 0 bridgehead atoms. The monoisotopic (exact) mass is 169 g/mol. The summed E-state index contributed by atoms with van der Waals surface area (Å²) < 4.78 is 0. The third kappa shape index (κ3) is 1.27. The van der Waals surface area contributed by atoms with E-state index in [1.54, 1.807) is 0 Å². The van der Waals surface area contributed by atoms with Crippen LogP contribution in [0, 0.1) is 0 Å². The summed E-state index contributed by atoms with van der Waals surface area (Å²) in [6.45, 7) is 5.42. The molecule has 1 aliphatic carbocycles. The molecule has 0 aromatic heterocycles. The molecular weight excluding hydrogens is 150 g/mol. The van der Waals surface area contributed by atoms with Gasteiger partial charge in [0.2, 0.25) is 0 Å². The highest BCUT2D eigenvalue weighted by molar-refractivity contribution is 4.96. The Kier molecular flexibility index (Phi) is 1.92. The fourth-order valence-electron chi connectivity index (χ4n) is 2.46. The second-order valence-corrected chi connectivity index (χ2v) is 4.68. The van der Waals surface area contributed by atoms with Gasteiger partial charge in [-0.2, -0.15) is 0 Å². The van der Waals surface area contributed by atoms with E-state index >= 15 is 0 Å². The number of aliphatic hydroxyl groups is 1. The lowest BCUT2D eigenvalue weighted by molar-refractivity contribution is -0.0990. The Morgan fingerprint density at radius 1 is 1.33 bits per heavy atom. The van der Waals surface area contributed by atoms with Gasteiger partial charge in [0.15, 0.2) is 0 Å². The minimum absolute atomic E-state index is 0.317. The molecule has 12 heavy (non-hydrogen) atoms. The average Bonchev–Trinajstić information content (AvgIpc) is 1.97. The van der Waals surface area contributed by atoms with Crippen LogP contribution in [0.1, 0.15) is 39.5 Å². The predicted molar refractivity (Wildman–Crippen MR) is 49.0 cm³/mol. The highest BCUT2D eigenvalue weighted by atomic mass is 16.3. The molecule has 70 valence electrons. The standard InChI is InChI=1S/C10H19NO/c1-8-6-9(2)11(8)7-10(12)4-3-5-10/h8-9,12H,3-7H2,1-2H3. The lowest BCUT2D eigenvalue weighted by Crippen LogP contribution is -2.60. The molecule has 2 unspecified atom stereocenters. The van der Waals surface area contributed by atoms with Gasteiger partial charge < -0.3 is 5.11 Å². The average molecular weight is 169 g/mol. The van der Waals surface area contributed by atoms with E-state index in [1.165, 1.54) is 12.8 Å². The highest BCUT2D eigenvalue weighted by Crippen LogP contribution is 2.36. The molecule has 2 fully saturated rings. The molecule has 2 rings (SSSR count). The van der Waals surface area contributed by atoms with Crippen molar-refractivity contribution in [1.29, 1.82) is 0 Å². The van der Waals surface area contributed by atoms with E-state index in [4.69, 9.17) is 0 Å². The van der Waals surface area contributed by atoms with Crippen molar-refractivity contribution >= 4 is 0 Å². The molecular formula is C10H19NO. The molecule has 0 spiro atoms. The minimum atomic E-state index is -0.317. The summed E-state index contributed by atoms with van der Waals surface area (Å²) in [6, 6.07) is 1.40. The molecule has 2 aliphatic rings. The van der Waals surface area contributed by atoms with Gasteiger partial charge in [-0.25, -0.2) is 0 Å². The lowest BCUT2D eigenvalue weighted by atomic mass is 9.78. The van der Waals surface area contributed by atoms with Gasteiger partial charge in [-0.1, -0.05) is 0 Å². The van der Waals surface area contributed by atoms with Crippen LogP contribution in [0.4, 0.5) is 0 Å². The Bertz CT molecular complexity index is 169. The Hall–Kier alpha value is -0.0800. The molecule has 2 nitrogen and oxygen atoms in total. The SMILES string of the molecule is CC1CC(C)N1CC1(O)CCC1. The first-order valence-electron chi connectivity index (χ1n) is 5.09. The van der Waals surface area contributed by atoms with Crippen LogP contribution in [0.2, 0.25) is 0 Å². The van der Waals surface area contributed by atoms with E-state index in [0.717, 1.165) is 19.4 Å². The number of nitrogens with zero attached hydrogens (tertiary/aromatic N) is 1. The molecule has 1 N–H and O–H groups in total. The van der Waals surface area contributed by atoms with Crippen LogP contribution in [-0.4, -0.2) is 34.2 Å². The zero-order valence-corrected chi connectivity index (χ0v) is 8.08. The van der Waals surface area contributed by atoms with Gasteiger partial charge >= 0.3 is 0 Å². The summed E-state index contributed by atoms with van der Waals surface area (Å²) >= 11 is 0. The zero-order chi connectivity index (χ0) is 8.77. The molecule has 1 saturated carbocycles. The van der Waals surface area contributed by atoms with Crippen LogP contribution >= 0.6 is 0 Å². The van der Waals surface area contributed by atoms with Gasteiger partial charge in [0.25, 0.3) is 0 Å². The van der Waals surface area contributed by atoms with Gasteiger partial charge in [0.05, 0.1) is 5.60 Å². The molecule has 0 aromatic rings.